The van der Waals surface area contributed by atoms with E-state index < -0.39 is 0 Å². The molecule has 0 saturated heterocycles. The van der Waals surface area contributed by atoms with Gasteiger partial charge in [0.2, 0.25) is 0 Å². The summed E-state index contributed by atoms with van der Waals surface area (Å²) < 4.78 is 5.14. The van der Waals surface area contributed by atoms with Crippen molar-refractivity contribution in [1.29, 1.82) is 0 Å². The SMILES string of the molecule is NN=C(N)SNc1cccc(-c2cnc3ccccn23)c1. The minimum Gasteiger partial charge on any atom is -0.375 e. The van der Waals surface area contributed by atoms with E-state index in [0.717, 1.165) is 22.6 Å². The number of anilines is 1. The van der Waals surface area contributed by atoms with E-state index in [1.807, 2.05) is 59.3 Å². The van der Waals surface area contributed by atoms with Crippen LogP contribution in [0.25, 0.3) is 16.9 Å². The third-order valence-corrected chi connectivity index (χ3v) is 3.63. The molecule has 0 amide bonds. The van der Waals surface area contributed by atoms with Crippen molar-refractivity contribution in [2.75, 3.05) is 4.72 Å². The summed E-state index contributed by atoms with van der Waals surface area (Å²) in [6.07, 6.45) is 3.85. The van der Waals surface area contributed by atoms with Gasteiger partial charge in [0.25, 0.3) is 0 Å². The first-order chi connectivity index (χ1) is 10.3. The fourth-order valence-electron chi connectivity index (χ4n) is 2.03. The fraction of sp³-hybridized carbons (Fsp3) is 0. The summed E-state index contributed by atoms with van der Waals surface area (Å²) >= 11 is 1.17. The lowest BCUT2D eigenvalue weighted by atomic mass is 10.1. The van der Waals surface area contributed by atoms with E-state index in [2.05, 4.69) is 14.8 Å². The number of nitrogens with zero attached hydrogens (tertiary/aromatic N) is 3. The molecule has 3 rings (SSSR count). The maximum absolute atomic E-state index is 5.54. The molecule has 0 saturated carbocycles. The predicted octanol–water partition coefficient (Wildman–Crippen LogP) is 2.25. The number of hydrazone groups is 1. The molecule has 0 aliphatic rings. The number of nitrogens with one attached hydrogen (secondary N) is 1. The van der Waals surface area contributed by atoms with Gasteiger partial charge in [-0.3, -0.25) is 4.40 Å². The minimum atomic E-state index is 0.273. The summed E-state index contributed by atoms with van der Waals surface area (Å²) in [5.74, 6) is 5.10. The highest BCUT2D eigenvalue weighted by molar-refractivity contribution is 8.14. The molecule has 106 valence electrons. The molecule has 0 aliphatic heterocycles. The molecule has 0 fully saturated rings. The Morgan fingerprint density at radius 3 is 3.00 bits per heavy atom. The highest BCUT2D eigenvalue weighted by Crippen LogP contribution is 2.24. The molecule has 2 heterocycles. The van der Waals surface area contributed by atoms with Gasteiger partial charge in [0.1, 0.15) is 5.65 Å². The molecule has 6 nitrogen and oxygen atoms in total. The number of hydrogen-bond donors (Lipinski definition) is 3. The number of fused-ring (bicyclic) bond motifs is 1. The van der Waals surface area contributed by atoms with Crippen LogP contribution in [0.3, 0.4) is 0 Å². The standard InChI is InChI=1S/C14H14N6S/c15-14(18-16)21-19-11-5-3-4-10(8-11)12-9-17-13-6-1-2-7-20(12)13/h1-9,19H,16H2,(H2,15,18). The quantitative estimate of drug-likeness (QED) is 0.227. The van der Waals surface area contributed by atoms with E-state index in [0.29, 0.717) is 0 Å². The summed E-state index contributed by atoms with van der Waals surface area (Å²) in [6.45, 7) is 0. The van der Waals surface area contributed by atoms with Gasteiger partial charge >= 0.3 is 0 Å². The second-order valence-corrected chi connectivity index (χ2v) is 5.15. The number of hydrogen-bond acceptors (Lipinski definition) is 5. The molecular weight excluding hydrogens is 284 g/mol. The van der Waals surface area contributed by atoms with Crippen LogP contribution in [0, 0.1) is 0 Å². The minimum absolute atomic E-state index is 0.273. The molecule has 0 radical (unpaired) electrons. The monoisotopic (exact) mass is 298 g/mol. The molecule has 5 N–H and O–H groups in total. The van der Waals surface area contributed by atoms with Crippen molar-refractivity contribution in [3.63, 3.8) is 0 Å². The molecule has 0 unspecified atom stereocenters. The van der Waals surface area contributed by atoms with Crippen molar-refractivity contribution >= 4 is 28.5 Å². The Hall–Kier alpha value is -2.67. The zero-order valence-electron chi connectivity index (χ0n) is 11.1. The van der Waals surface area contributed by atoms with Gasteiger partial charge in [-0.15, -0.1) is 0 Å². The molecule has 2 aromatic heterocycles. The van der Waals surface area contributed by atoms with Gasteiger partial charge in [-0.25, -0.2) is 4.98 Å². The van der Waals surface area contributed by atoms with Crippen LogP contribution in [-0.2, 0) is 0 Å². The number of rotatable bonds is 3. The number of imidazole rings is 1. The number of aromatic nitrogens is 2. The van der Waals surface area contributed by atoms with Gasteiger partial charge in [0, 0.05) is 29.4 Å². The fourth-order valence-corrected chi connectivity index (χ4v) is 2.43. The lowest BCUT2D eigenvalue weighted by molar-refractivity contribution is 1.19. The average Bonchev–Trinajstić information content (AvgIpc) is 2.97. The van der Waals surface area contributed by atoms with E-state index in [4.69, 9.17) is 11.6 Å². The van der Waals surface area contributed by atoms with Gasteiger partial charge in [0.05, 0.1) is 11.9 Å². The van der Waals surface area contributed by atoms with E-state index in [-0.39, 0.29) is 5.17 Å². The van der Waals surface area contributed by atoms with E-state index in [1.54, 1.807) is 0 Å². The molecular formula is C14H14N6S. The zero-order valence-corrected chi connectivity index (χ0v) is 11.9. The van der Waals surface area contributed by atoms with Gasteiger partial charge < -0.3 is 16.3 Å². The lowest BCUT2D eigenvalue weighted by Gasteiger charge is -2.07. The number of nitrogens with two attached hydrogens (primary N) is 2. The lowest BCUT2D eigenvalue weighted by Crippen LogP contribution is -2.11. The largest absolute Gasteiger partial charge is 0.375 e. The van der Waals surface area contributed by atoms with Crippen molar-refractivity contribution in [3.8, 4) is 11.3 Å². The molecule has 1 aromatic carbocycles. The number of amidine groups is 1. The number of pyridine rings is 1. The highest BCUT2D eigenvalue weighted by atomic mass is 32.2. The van der Waals surface area contributed by atoms with Crippen molar-refractivity contribution in [3.05, 3.63) is 54.9 Å². The molecule has 0 bridgehead atoms. The van der Waals surface area contributed by atoms with Crippen molar-refractivity contribution in [1.82, 2.24) is 9.38 Å². The Morgan fingerprint density at radius 1 is 1.24 bits per heavy atom. The summed E-state index contributed by atoms with van der Waals surface area (Å²) in [5.41, 5.74) is 9.45. The average molecular weight is 298 g/mol. The Kier molecular flexibility index (Phi) is 3.65. The van der Waals surface area contributed by atoms with Crippen LogP contribution in [0.15, 0.2) is 60.0 Å². The molecule has 0 spiro atoms. The van der Waals surface area contributed by atoms with Gasteiger partial charge in [-0.05, 0) is 24.3 Å². The van der Waals surface area contributed by atoms with E-state index in [9.17, 15) is 0 Å². The van der Waals surface area contributed by atoms with Crippen LogP contribution in [-0.4, -0.2) is 14.6 Å². The normalized spacial score (nSPS) is 11.7. The second kappa shape index (κ2) is 5.76. The van der Waals surface area contributed by atoms with Crippen molar-refractivity contribution < 1.29 is 0 Å². The van der Waals surface area contributed by atoms with Gasteiger partial charge in [-0.1, -0.05) is 18.2 Å². The first kappa shape index (κ1) is 13.3. The maximum Gasteiger partial charge on any atom is 0.198 e. The molecule has 0 aliphatic carbocycles. The van der Waals surface area contributed by atoms with Crippen LogP contribution in [0.5, 0.6) is 0 Å². The Bertz CT molecular complexity index is 795. The first-order valence-corrected chi connectivity index (χ1v) is 7.08. The van der Waals surface area contributed by atoms with Crippen molar-refractivity contribution in [2.45, 2.75) is 0 Å². The topological polar surface area (TPSA) is 93.7 Å². The second-order valence-electron chi connectivity index (χ2n) is 4.32. The Morgan fingerprint density at radius 2 is 2.14 bits per heavy atom. The molecule has 3 aromatic rings. The van der Waals surface area contributed by atoms with Crippen LogP contribution in [0.1, 0.15) is 0 Å². The molecule has 0 atom stereocenters. The summed E-state index contributed by atoms with van der Waals surface area (Å²) in [5, 5.41) is 3.67. The smallest absolute Gasteiger partial charge is 0.198 e. The predicted molar refractivity (Wildman–Crippen MR) is 87.7 cm³/mol. The van der Waals surface area contributed by atoms with Crippen LogP contribution >= 0.6 is 11.9 Å². The van der Waals surface area contributed by atoms with E-state index >= 15 is 0 Å². The van der Waals surface area contributed by atoms with Crippen LogP contribution in [0.4, 0.5) is 5.69 Å². The Balaban J connectivity index is 1.92. The van der Waals surface area contributed by atoms with Crippen molar-refractivity contribution in [2.24, 2.45) is 16.7 Å². The maximum atomic E-state index is 5.54. The third-order valence-electron chi connectivity index (χ3n) is 2.98. The molecule has 21 heavy (non-hydrogen) atoms. The van der Waals surface area contributed by atoms with Gasteiger partial charge in [-0.2, -0.15) is 5.10 Å². The summed E-state index contributed by atoms with van der Waals surface area (Å²) in [4.78, 5) is 4.39. The number of benzene rings is 1. The Labute approximate surface area is 126 Å². The van der Waals surface area contributed by atoms with E-state index in [1.165, 1.54) is 11.9 Å². The van der Waals surface area contributed by atoms with Crippen LogP contribution in [0.2, 0.25) is 0 Å². The summed E-state index contributed by atoms with van der Waals surface area (Å²) in [6, 6.07) is 13.9. The highest BCUT2D eigenvalue weighted by Gasteiger charge is 2.06. The molecule has 7 heteroatoms. The summed E-state index contributed by atoms with van der Waals surface area (Å²) in [7, 11) is 0. The van der Waals surface area contributed by atoms with Gasteiger partial charge in [0.15, 0.2) is 5.17 Å². The third kappa shape index (κ3) is 2.77. The zero-order chi connectivity index (χ0) is 14.7. The van der Waals surface area contributed by atoms with Crippen LogP contribution < -0.4 is 16.3 Å². The first-order valence-electron chi connectivity index (χ1n) is 6.26.